The van der Waals surface area contributed by atoms with E-state index in [1.807, 2.05) is 25.1 Å². The van der Waals surface area contributed by atoms with E-state index in [-0.39, 0.29) is 6.03 Å². The monoisotopic (exact) mass is 446 g/mol. The molecule has 2 aromatic rings. The Hall–Kier alpha value is -2.28. The van der Waals surface area contributed by atoms with Crippen molar-refractivity contribution in [1.82, 2.24) is 15.4 Å². The second kappa shape index (κ2) is 8.82. The number of nitrogens with one attached hydrogen (secondary N) is 2. The van der Waals surface area contributed by atoms with Gasteiger partial charge >= 0.3 is 6.03 Å². The maximum absolute atomic E-state index is 12.4. The van der Waals surface area contributed by atoms with E-state index >= 15 is 0 Å². The summed E-state index contributed by atoms with van der Waals surface area (Å²) in [5.74, 6) is 1.96. The number of likely N-dealkylation sites (tertiary alicyclic amines) is 1. The van der Waals surface area contributed by atoms with Gasteiger partial charge in [-0.1, -0.05) is 41.5 Å². The first-order valence-electron chi connectivity index (χ1n) is 9.52. The predicted molar refractivity (Wildman–Crippen MR) is 115 cm³/mol. The number of aryl methyl sites for hydroxylation is 1. The molecule has 2 amide bonds. The number of carbonyl (C=O) groups excluding carboxylic acids is 1. The number of hydrogen-bond acceptors (Lipinski definition) is 4. The summed E-state index contributed by atoms with van der Waals surface area (Å²) >= 11 is 3.54. The summed E-state index contributed by atoms with van der Waals surface area (Å²) in [6.07, 6.45) is 1.23. The van der Waals surface area contributed by atoms with Crippen LogP contribution in [0.1, 0.15) is 37.3 Å². The zero-order valence-electron chi connectivity index (χ0n) is 16.6. The van der Waals surface area contributed by atoms with Gasteiger partial charge in [0.05, 0.1) is 12.2 Å². The van der Waals surface area contributed by atoms with Crippen LogP contribution in [0.3, 0.4) is 0 Å². The lowest BCUT2D eigenvalue weighted by Crippen LogP contribution is -2.37. The normalized spacial score (nSPS) is 19.4. The molecular weight excluding hydrogens is 420 g/mol. The molecule has 0 aliphatic carbocycles. The molecule has 1 aromatic carbocycles. The van der Waals surface area contributed by atoms with Gasteiger partial charge in [-0.05, 0) is 43.4 Å². The van der Waals surface area contributed by atoms with Gasteiger partial charge in [0.2, 0.25) is 0 Å². The second-order valence-corrected chi connectivity index (χ2v) is 8.64. The van der Waals surface area contributed by atoms with E-state index in [9.17, 15) is 4.79 Å². The minimum Gasteiger partial charge on any atom is -0.371 e. The van der Waals surface area contributed by atoms with Gasteiger partial charge in [-0.15, -0.1) is 0 Å². The lowest BCUT2D eigenvalue weighted by Gasteiger charge is -2.38. The van der Waals surface area contributed by atoms with Gasteiger partial charge in [0.15, 0.2) is 0 Å². The Morgan fingerprint density at radius 1 is 1.32 bits per heavy atom. The highest BCUT2D eigenvalue weighted by molar-refractivity contribution is 9.10. The number of hydrogen-bond donors (Lipinski definition) is 2. The molecule has 0 bridgehead atoms. The molecule has 28 heavy (non-hydrogen) atoms. The largest absolute Gasteiger partial charge is 0.371 e. The number of urea groups is 1. The average molecular weight is 447 g/mol. The Morgan fingerprint density at radius 3 is 2.68 bits per heavy atom. The van der Waals surface area contributed by atoms with Crippen LogP contribution >= 0.6 is 15.9 Å². The van der Waals surface area contributed by atoms with Crippen molar-refractivity contribution in [2.24, 2.45) is 11.8 Å². The smallest absolute Gasteiger partial charge is 0.319 e. The molecule has 1 saturated heterocycles. The highest BCUT2D eigenvalue weighted by Gasteiger charge is 2.24. The Morgan fingerprint density at radius 2 is 2.04 bits per heavy atom. The van der Waals surface area contributed by atoms with Crippen molar-refractivity contribution < 1.29 is 9.32 Å². The third-order valence-electron chi connectivity index (χ3n) is 4.90. The molecule has 7 heteroatoms. The number of halogens is 1. The van der Waals surface area contributed by atoms with Crippen molar-refractivity contribution in [1.29, 1.82) is 0 Å². The van der Waals surface area contributed by atoms with Crippen LogP contribution in [-0.2, 0) is 6.54 Å². The summed E-state index contributed by atoms with van der Waals surface area (Å²) in [6, 6.07) is 7.31. The molecule has 2 atom stereocenters. The number of piperidine rings is 1. The summed E-state index contributed by atoms with van der Waals surface area (Å²) in [6.45, 7) is 13.0. The number of benzene rings is 1. The van der Waals surface area contributed by atoms with E-state index in [1.165, 1.54) is 6.42 Å². The van der Waals surface area contributed by atoms with Crippen molar-refractivity contribution in [3.8, 4) is 0 Å². The maximum atomic E-state index is 12.4. The zero-order chi connectivity index (χ0) is 20.3. The van der Waals surface area contributed by atoms with Crippen molar-refractivity contribution in [3.63, 3.8) is 0 Å². The average Bonchev–Trinajstić information content (AvgIpc) is 3.05. The van der Waals surface area contributed by atoms with Crippen LogP contribution in [0.4, 0.5) is 10.5 Å². The van der Waals surface area contributed by atoms with Gasteiger partial charge in [-0.3, -0.25) is 0 Å². The number of aromatic nitrogens is 1. The van der Waals surface area contributed by atoms with Crippen LogP contribution in [0.15, 0.2) is 39.8 Å². The van der Waals surface area contributed by atoms with Crippen molar-refractivity contribution in [2.45, 2.75) is 33.7 Å². The standard InChI is InChI=1S/C21H27BrN4O2/c1-13-7-14(2)12-26(11-13)16(4)19-9-17(22)5-6-20(19)24-21(27)23-10-18-8-15(3)28-25-18/h5-6,8-9,13-14H,4,7,10-12H2,1-3H3,(H2,23,24,27)/t13-,14+. The molecule has 2 N–H and O–H groups in total. The van der Waals surface area contributed by atoms with Crippen LogP contribution in [0.25, 0.3) is 5.70 Å². The first-order chi connectivity index (χ1) is 13.3. The Kier molecular flexibility index (Phi) is 6.44. The molecule has 6 nitrogen and oxygen atoms in total. The Balaban J connectivity index is 1.71. The highest BCUT2D eigenvalue weighted by atomic mass is 79.9. The fourth-order valence-corrected chi connectivity index (χ4v) is 4.12. The number of amides is 2. The fraction of sp³-hybridized carbons (Fsp3) is 0.429. The molecule has 0 unspecified atom stereocenters. The Labute approximate surface area is 174 Å². The van der Waals surface area contributed by atoms with Crippen LogP contribution < -0.4 is 10.6 Å². The summed E-state index contributed by atoms with van der Waals surface area (Å²) < 4.78 is 5.97. The van der Waals surface area contributed by atoms with Gasteiger partial charge < -0.3 is 20.1 Å². The molecular formula is C21H27BrN4O2. The van der Waals surface area contributed by atoms with Crippen LogP contribution in [0.5, 0.6) is 0 Å². The molecule has 1 aliphatic rings. The van der Waals surface area contributed by atoms with Gasteiger partial charge in [0.1, 0.15) is 11.5 Å². The summed E-state index contributed by atoms with van der Waals surface area (Å²) in [4.78, 5) is 14.7. The molecule has 0 saturated carbocycles. The van der Waals surface area contributed by atoms with Gasteiger partial charge in [-0.25, -0.2) is 4.79 Å². The topological polar surface area (TPSA) is 70.4 Å². The van der Waals surface area contributed by atoms with Crippen molar-refractivity contribution >= 4 is 33.3 Å². The number of rotatable bonds is 5. The van der Waals surface area contributed by atoms with Crippen molar-refractivity contribution in [2.75, 3.05) is 18.4 Å². The predicted octanol–water partition coefficient (Wildman–Crippen LogP) is 5.02. The second-order valence-electron chi connectivity index (χ2n) is 7.72. The van der Waals surface area contributed by atoms with E-state index in [0.717, 1.165) is 34.5 Å². The lowest BCUT2D eigenvalue weighted by atomic mass is 9.91. The SMILES string of the molecule is C=C(c1cc(Br)ccc1NC(=O)NCc1cc(C)on1)N1C[C@H](C)C[C@H](C)C1. The minimum atomic E-state index is -0.294. The molecule has 1 fully saturated rings. The minimum absolute atomic E-state index is 0.294. The number of nitrogens with zero attached hydrogens (tertiary/aromatic N) is 2. The van der Waals surface area contributed by atoms with Gasteiger partial charge in [0.25, 0.3) is 0 Å². The molecule has 3 rings (SSSR count). The van der Waals surface area contributed by atoms with Gasteiger partial charge in [0, 0.05) is 34.9 Å². The molecule has 0 spiro atoms. The van der Waals surface area contributed by atoms with E-state index in [2.05, 4.69) is 57.0 Å². The summed E-state index contributed by atoms with van der Waals surface area (Å²) in [5.41, 5.74) is 3.27. The fourth-order valence-electron chi connectivity index (χ4n) is 3.76. The third kappa shape index (κ3) is 5.16. The molecule has 2 heterocycles. The first kappa shape index (κ1) is 20.5. The summed E-state index contributed by atoms with van der Waals surface area (Å²) in [7, 11) is 0. The number of carbonyl (C=O) groups is 1. The maximum Gasteiger partial charge on any atom is 0.319 e. The van der Waals surface area contributed by atoms with Crippen LogP contribution in [0.2, 0.25) is 0 Å². The van der Waals surface area contributed by atoms with E-state index in [4.69, 9.17) is 4.52 Å². The van der Waals surface area contributed by atoms with Crippen LogP contribution in [-0.4, -0.2) is 29.2 Å². The third-order valence-corrected chi connectivity index (χ3v) is 5.39. The lowest BCUT2D eigenvalue weighted by molar-refractivity contribution is 0.204. The van der Waals surface area contributed by atoms with Gasteiger partial charge in [-0.2, -0.15) is 0 Å². The van der Waals surface area contributed by atoms with Crippen molar-refractivity contribution in [3.05, 3.63) is 52.3 Å². The quantitative estimate of drug-likeness (QED) is 0.676. The highest BCUT2D eigenvalue weighted by Crippen LogP contribution is 2.32. The molecule has 150 valence electrons. The summed E-state index contributed by atoms with van der Waals surface area (Å²) in [5, 5.41) is 9.63. The molecule has 1 aliphatic heterocycles. The Bertz CT molecular complexity index is 854. The van der Waals surface area contributed by atoms with E-state index in [1.54, 1.807) is 6.07 Å². The van der Waals surface area contributed by atoms with E-state index in [0.29, 0.717) is 29.8 Å². The van der Waals surface area contributed by atoms with E-state index < -0.39 is 0 Å². The van der Waals surface area contributed by atoms with Crippen LogP contribution in [0, 0.1) is 18.8 Å². The number of anilines is 1. The molecule has 0 radical (unpaired) electrons. The first-order valence-corrected chi connectivity index (χ1v) is 10.3. The zero-order valence-corrected chi connectivity index (χ0v) is 18.2. The molecule has 1 aromatic heterocycles.